The van der Waals surface area contributed by atoms with Crippen LogP contribution in [-0.4, -0.2) is 37.2 Å². The number of ether oxygens (including phenoxy) is 3. The van der Waals surface area contributed by atoms with Crippen LogP contribution in [0.1, 0.15) is 316 Å². The van der Waals surface area contributed by atoms with E-state index in [-0.39, 0.29) is 31.1 Å². The lowest BCUT2D eigenvalue weighted by Gasteiger charge is -2.18. The second-order valence-electron chi connectivity index (χ2n) is 21.3. The van der Waals surface area contributed by atoms with Gasteiger partial charge in [0.25, 0.3) is 0 Å². The third-order valence-corrected chi connectivity index (χ3v) is 13.9. The molecule has 0 saturated carbocycles. The summed E-state index contributed by atoms with van der Waals surface area (Å²) in [6, 6.07) is 0. The molecule has 1 unspecified atom stereocenters. The van der Waals surface area contributed by atoms with Crippen molar-refractivity contribution in [1.82, 2.24) is 0 Å². The van der Waals surface area contributed by atoms with Gasteiger partial charge in [0, 0.05) is 19.3 Å². The van der Waals surface area contributed by atoms with Crippen molar-refractivity contribution in [3.8, 4) is 0 Å². The van der Waals surface area contributed by atoms with Crippen molar-refractivity contribution >= 4 is 17.9 Å². The number of carbonyl (C=O) groups excluding carboxylic acids is 3. The first-order valence-corrected chi connectivity index (χ1v) is 32.1. The van der Waals surface area contributed by atoms with Crippen LogP contribution < -0.4 is 0 Å². The Morgan fingerprint density at radius 2 is 0.547 bits per heavy atom. The van der Waals surface area contributed by atoms with Gasteiger partial charge in [-0.3, -0.25) is 14.4 Å². The molecule has 0 rings (SSSR count). The van der Waals surface area contributed by atoms with Gasteiger partial charge in [-0.15, -0.1) is 0 Å². The summed E-state index contributed by atoms with van der Waals surface area (Å²) < 4.78 is 16.9. The minimum atomic E-state index is -0.782. The lowest BCUT2D eigenvalue weighted by molar-refractivity contribution is -0.167. The summed E-state index contributed by atoms with van der Waals surface area (Å²) in [5.41, 5.74) is 0. The van der Waals surface area contributed by atoms with E-state index in [1.54, 1.807) is 0 Å². The molecule has 0 aliphatic heterocycles. The number of esters is 3. The van der Waals surface area contributed by atoms with Gasteiger partial charge in [0.15, 0.2) is 6.10 Å². The smallest absolute Gasteiger partial charge is 0.306 e. The summed E-state index contributed by atoms with van der Waals surface area (Å²) in [7, 11) is 0. The summed E-state index contributed by atoms with van der Waals surface area (Å²) in [5.74, 6) is -0.882. The van der Waals surface area contributed by atoms with Gasteiger partial charge in [0.05, 0.1) is 0 Å². The first-order chi connectivity index (χ1) is 37.0. The maximum Gasteiger partial charge on any atom is 0.306 e. The van der Waals surface area contributed by atoms with E-state index in [4.69, 9.17) is 14.2 Å². The predicted octanol–water partition coefficient (Wildman–Crippen LogP) is 21.9. The van der Waals surface area contributed by atoms with Gasteiger partial charge in [0.2, 0.25) is 0 Å². The van der Waals surface area contributed by atoms with E-state index in [0.717, 1.165) is 116 Å². The highest BCUT2D eigenvalue weighted by Gasteiger charge is 2.19. The predicted molar refractivity (Wildman–Crippen MR) is 325 cm³/mol. The van der Waals surface area contributed by atoms with Crippen LogP contribution in [0.25, 0.3) is 0 Å². The fourth-order valence-corrected chi connectivity index (χ4v) is 9.10. The minimum absolute atomic E-state index is 0.0796. The molecule has 0 spiro atoms. The Bertz CT molecular complexity index is 1430. The number of carbonyl (C=O) groups is 3. The van der Waals surface area contributed by atoms with Crippen molar-refractivity contribution in [3.05, 3.63) is 85.1 Å². The Balaban J connectivity index is 4.28. The molecule has 0 N–H and O–H groups in total. The number of allylic oxidation sites excluding steroid dienone is 14. The van der Waals surface area contributed by atoms with Crippen LogP contribution in [0.15, 0.2) is 85.1 Å². The van der Waals surface area contributed by atoms with E-state index in [2.05, 4.69) is 106 Å². The van der Waals surface area contributed by atoms with Gasteiger partial charge in [-0.05, 0) is 89.9 Å². The molecule has 0 aromatic carbocycles. The van der Waals surface area contributed by atoms with E-state index >= 15 is 0 Å². The lowest BCUT2D eigenvalue weighted by Crippen LogP contribution is -2.30. The number of hydrogen-bond acceptors (Lipinski definition) is 6. The van der Waals surface area contributed by atoms with Crippen LogP contribution in [-0.2, 0) is 28.6 Å². The van der Waals surface area contributed by atoms with Gasteiger partial charge in [-0.25, -0.2) is 0 Å². The van der Waals surface area contributed by atoms with Crippen LogP contribution in [0.5, 0.6) is 0 Å². The third-order valence-electron chi connectivity index (χ3n) is 13.9. The molecule has 0 radical (unpaired) electrons. The third kappa shape index (κ3) is 61.3. The van der Waals surface area contributed by atoms with Crippen molar-refractivity contribution in [3.63, 3.8) is 0 Å². The standard InChI is InChI=1S/C69H120O6/c1-4-7-10-13-16-19-22-25-27-29-30-31-32-33-34-35-36-37-38-40-41-44-47-50-53-56-59-62-68(71)74-65-66(64-73-67(70)61-58-55-52-49-46-43-24-21-18-15-12-9-6-3)75-69(72)63-60-57-54-51-48-45-42-39-28-26-23-20-17-14-11-8-5-2/h7,10,12,15-16,19,21,24-25,27,30-31,33-34,66H,4-6,8-9,11,13-14,17-18,20,22-23,26,28-29,32,35-65H2,1-3H3/b10-7-,15-12-,19-16-,24-21-,27-25-,31-30-,34-33-. The highest BCUT2D eigenvalue weighted by Crippen LogP contribution is 2.17. The molecule has 1 atom stereocenters. The van der Waals surface area contributed by atoms with Gasteiger partial charge >= 0.3 is 17.9 Å². The van der Waals surface area contributed by atoms with Crippen molar-refractivity contribution in [1.29, 1.82) is 0 Å². The summed E-state index contributed by atoms with van der Waals surface area (Å²) >= 11 is 0. The monoisotopic (exact) mass is 1040 g/mol. The molecular weight excluding hydrogens is 925 g/mol. The molecule has 432 valence electrons. The van der Waals surface area contributed by atoms with Crippen LogP contribution in [0.2, 0.25) is 0 Å². The molecule has 0 heterocycles. The summed E-state index contributed by atoms with van der Waals surface area (Å²) in [5, 5.41) is 0. The van der Waals surface area contributed by atoms with E-state index in [1.807, 2.05) is 0 Å². The van der Waals surface area contributed by atoms with Crippen LogP contribution in [0, 0.1) is 0 Å². The average molecular weight is 1050 g/mol. The Labute approximate surface area is 465 Å². The van der Waals surface area contributed by atoms with E-state index in [9.17, 15) is 14.4 Å². The summed E-state index contributed by atoms with van der Waals surface area (Å²) in [4.78, 5) is 38.3. The SMILES string of the molecule is CC/C=C\C/C=C\C/C=C\C/C=C\C/C=C\CCCCCCCCCCCCCC(=O)OCC(COC(=O)CCCCCCC/C=C\C/C=C\CCC)OC(=O)CCCCCCCCCCCCCCCCCCC. The van der Waals surface area contributed by atoms with Crippen LogP contribution in [0.4, 0.5) is 0 Å². The van der Waals surface area contributed by atoms with E-state index in [1.165, 1.54) is 161 Å². The van der Waals surface area contributed by atoms with Crippen molar-refractivity contribution in [2.24, 2.45) is 0 Å². The summed E-state index contributed by atoms with van der Waals surface area (Å²) in [6.45, 7) is 6.48. The molecule has 0 bridgehead atoms. The number of hydrogen-bond donors (Lipinski definition) is 0. The molecule has 0 aromatic rings. The first-order valence-electron chi connectivity index (χ1n) is 32.1. The van der Waals surface area contributed by atoms with Crippen molar-refractivity contribution in [2.45, 2.75) is 322 Å². The molecule has 0 amide bonds. The summed E-state index contributed by atoms with van der Waals surface area (Å²) in [6.07, 6.45) is 83.0. The van der Waals surface area contributed by atoms with Gasteiger partial charge in [0.1, 0.15) is 13.2 Å². The highest BCUT2D eigenvalue weighted by molar-refractivity contribution is 5.71. The van der Waals surface area contributed by atoms with E-state index in [0.29, 0.717) is 19.3 Å². The van der Waals surface area contributed by atoms with Gasteiger partial charge < -0.3 is 14.2 Å². The Morgan fingerprint density at radius 1 is 0.280 bits per heavy atom. The van der Waals surface area contributed by atoms with Crippen molar-refractivity contribution in [2.75, 3.05) is 13.2 Å². The first kappa shape index (κ1) is 71.6. The molecule has 0 fully saturated rings. The normalized spacial score (nSPS) is 12.6. The minimum Gasteiger partial charge on any atom is -0.462 e. The number of unbranched alkanes of at least 4 members (excludes halogenated alkanes) is 33. The molecule has 0 aliphatic rings. The molecule has 6 heteroatoms. The fourth-order valence-electron chi connectivity index (χ4n) is 9.10. The largest absolute Gasteiger partial charge is 0.462 e. The van der Waals surface area contributed by atoms with Crippen LogP contribution >= 0.6 is 0 Å². The zero-order valence-electron chi connectivity index (χ0n) is 49.6. The zero-order valence-corrected chi connectivity index (χ0v) is 49.6. The second kappa shape index (κ2) is 63.1. The van der Waals surface area contributed by atoms with Crippen molar-refractivity contribution < 1.29 is 28.6 Å². The fraction of sp³-hybridized carbons (Fsp3) is 0.754. The zero-order chi connectivity index (χ0) is 54.3. The van der Waals surface area contributed by atoms with Gasteiger partial charge in [-0.1, -0.05) is 292 Å². The molecule has 0 saturated heterocycles. The van der Waals surface area contributed by atoms with Crippen LogP contribution in [0.3, 0.4) is 0 Å². The maximum absolute atomic E-state index is 12.9. The number of rotatable bonds is 58. The highest BCUT2D eigenvalue weighted by atomic mass is 16.6. The van der Waals surface area contributed by atoms with E-state index < -0.39 is 6.10 Å². The average Bonchev–Trinajstić information content (AvgIpc) is 3.41. The van der Waals surface area contributed by atoms with Gasteiger partial charge in [-0.2, -0.15) is 0 Å². The molecule has 0 aliphatic carbocycles. The second-order valence-corrected chi connectivity index (χ2v) is 21.3. The molecule has 0 aromatic heterocycles. The maximum atomic E-state index is 12.9. The Kier molecular flexibility index (Phi) is 60.3. The topological polar surface area (TPSA) is 78.9 Å². The molecule has 75 heavy (non-hydrogen) atoms. The molecular formula is C69H120O6. The Hall–Kier alpha value is -3.41. The molecule has 6 nitrogen and oxygen atoms in total. The Morgan fingerprint density at radius 3 is 0.867 bits per heavy atom. The quantitative estimate of drug-likeness (QED) is 0.0261. The lowest BCUT2D eigenvalue weighted by atomic mass is 10.0.